The lowest BCUT2D eigenvalue weighted by molar-refractivity contribution is -0.119. The second-order valence-corrected chi connectivity index (χ2v) is 11.0. The highest BCUT2D eigenvalue weighted by Crippen LogP contribution is 2.27. The summed E-state index contributed by atoms with van der Waals surface area (Å²) in [5.74, 6) is -0.616. The molecule has 168 valence electrons. The van der Waals surface area contributed by atoms with E-state index in [0.717, 1.165) is 11.1 Å². The van der Waals surface area contributed by atoms with Gasteiger partial charge in [0.2, 0.25) is 5.91 Å². The molecule has 0 aliphatic carbocycles. The van der Waals surface area contributed by atoms with Crippen LogP contribution in [0.4, 0.5) is 5.13 Å². The summed E-state index contributed by atoms with van der Waals surface area (Å²) in [6.45, 7) is 6.55. The third-order valence-corrected chi connectivity index (χ3v) is 7.88. The summed E-state index contributed by atoms with van der Waals surface area (Å²) < 4.78 is 25.2. The quantitative estimate of drug-likeness (QED) is 0.530. The molecular formula is C23H25N3O4S2. The van der Waals surface area contributed by atoms with Crippen LogP contribution in [0.3, 0.4) is 0 Å². The van der Waals surface area contributed by atoms with Crippen molar-refractivity contribution in [3.8, 4) is 11.3 Å². The van der Waals surface area contributed by atoms with Gasteiger partial charge in [0, 0.05) is 17.9 Å². The molecule has 9 heteroatoms. The van der Waals surface area contributed by atoms with Crippen LogP contribution in [0.1, 0.15) is 49.7 Å². The molecule has 2 aromatic carbocycles. The van der Waals surface area contributed by atoms with Crippen LogP contribution in [-0.2, 0) is 14.6 Å². The average Bonchev–Trinajstić information content (AvgIpc) is 3.21. The monoisotopic (exact) mass is 471 g/mol. The molecular weight excluding hydrogens is 446 g/mol. The summed E-state index contributed by atoms with van der Waals surface area (Å²) >= 11 is 1.26. The Balaban J connectivity index is 1.78. The zero-order valence-corrected chi connectivity index (χ0v) is 19.9. The van der Waals surface area contributed by atoms with Gasteiger partial charge in [-0.2, -0.15) is 0 Å². The summed E-state index contributed by atoms with van der Waals surface area (Å²) in [5, 5.41) is 7.10. The lowest BCUT2D eigenvalue weighted by Crippen LogP contribution is -2.23. The number of hydrogen-bond acceptors (Lipinski definition) is 6. The fourth-order valence-electron chi connectivity index (χ4n) is 3.12. The van der Waals surface area contributed by atoms with E-state index in [1.165, 1.54) is 30.4 Å². The van der Waals surface area contributed by atoms with Crippen LogP contribution in [0.5, 0.6) is 0 Å². The first kappa shape index (κ1) is 23.6. The van der Waals surface area contributed by atoms with Gasteiger partial charge in [0.1, 0.15) is 0 Å². The first-order chi connectivity index (χ1) is 15.1. The molecule has 1 aromatic heterocycles. The van der Waals surface area contributed by atoms with Gasteiger partial charge in [-0.15, -0.1) is 11.3 Å². The molecule has 0 saturated carbocycles. The Morgan fingerprint density at radius 1 is 1.00 bits per heavy atom. The molecule has 0 fully saturated rings. The van der Waals surface area contributed by atoms with Crippen LogP contribution < -0.4 is 10.6 Å². The number of rotatable bonds is 7. The van der Waals surface area contributed by atoms with Crippen LogP contribution in [0, 0.1) is 0 Å². The Bertz CT molecular complexity index is 1230. The summed E-state index contributed by atoms with van der Waals surface area (Å²) in [7, 11) is -3.61. The standard InChI is InChI=1S/C23H25N3O4S2/c1-14(2)32(29,30)21-8-6-5-7-19(21)22(28)26-23-25-20(13-31-23)18-11-9-17(10-12-18)15(3)24-16(4)27/h5-15H,1-4H3,(H,24,27)(H,25,26,28). The SMILES string of the molecule is CC(=O)NC(C)c1ccc(-c2csc(NC(=O)c3ccccc3S(=O)(=O)C(C)C)n2)cc1. The number of carbonyl (C=O) groups excluding carboxylic acids is 2. The van der Waals surface area contributed by atoms with Gasteiger partial charge >= 0.3 is 0 Å². The number of thiazole rings is 1. The maximum absolute atomic E-state index is 12.8. The molecule has 7 nitrogen and oxygen atoms in total. The molecule has 1 heterocycles. The van der Waals surface area contributed by atoms with Crippen molar-refractivity contribution in [2.75, 3.05) is 5.32 Å². The molecule has 2 amide bonds. The van der Waals surface area contributed by atoms with Crippen molar-refractivity contribution in [1.29, 1.82) is 0 Å². The van der Waals surface area contributed by atoms with E-state index in [1.807, 2.05) is 36.6 Å². The maximum atomic E-state index is 12.8. The van der Waals surface area contributed by atoms with E-state index in [1.54, 1.807) is 26.0 Å². The van der Waals surface area contributed by atoms with E-state index in [0.29, 0.717) is 10.8 Å². The van der Waals surface area contributed by atoms with E-state index in [4.69, 9.17) is 0 Å². The smallest absolute Gasteiger partial charge is 0.258 e. The predicted molar refractivity (Wildman–Crippen MR) is 126 cm³/mol. The van der Waals surface area contributed by atoms with Gasteiger partial charge in [-0.1, -0.05) is 36.4 Å². The molecule has 1 unspecified atom stereocenters. The number of amides is 2. The van der Waals surface area contributed by atoms with Crippen molar-refractivity contribution in [1.82, 2.24) is 10.3 Å². The summed E-state index contributed by atoms with van der Waals surface area (Å²) in [6, 6.07) is 13.7. The van der Waals surface area contributed by atoms with E-state index in [-0.39, 0.29) is 22.4 Å². The molecule has 2 N–H and O–H groups in total. The molecule has 0 aliphatic heterocycles. The molecule has 1 atom stereocenters. The van der Waals surface area contributed by atoms with Crippen molar-refractivity contribution in [3.63, 3.8) is 0 Å². The number of aromatic nitrogens is 1. The third kappa shape index (κ3) is 5.23. The number of carbonyl (C=O) groups is 2. The first-order valence-electron chi connectivity index (χ1n) is 10.1. The number of benzene rings is 2. The molecule has 32 heavy (non-hydrogen) atoms. The van der Waals surface area contributed by atoms with Gasteiger partial charge in [-0.25, -0.2) is 13.4 Å². The van der Waals surface area contributed by atoms with Crippen LogP contribution in [0.15, 0.2) is 58.8 Å². The second kappa shape index (κ2) is 9.62. The van der Waals surface area contributed by atoms with Gasteiger partial charge in [0.25, 0.3) is 5.91 Å². The summed E-state index contributed by atoms with van der Waals surface area (Å²) in [6.07, 6.45) is 0. The lowest BCUT2D eigenvalue weighted by Gasteiger charge is -2.13. The molecule has 0 aliphatic rings. The zero-order valence-electron chi connectivity index (χ0n) is 18.2. The number of nitrogens with zero attached hydrogens (tertiary/aromatic N) is 1. The minimum atomic E-state index is -3.61. The number of sulfone groups is 1. The van der Waals surface area contributed by atoms with Gasteiger partial charge in [-0.05, 0) is 38.5 Å². The Morgan fingerprint density at radius 2 is 1.66 bits per heavy atom. The number of anilines is 1. The topological polar surface area (TPSA) is 105 Å². The minimum Gasteiger partial charge on any atom is -0.350 e. The van der Waals surface area contributed by atoms with Crippen molar-refractivity contribution < 1.29 is 18.0 Å². The van der Waals surface area contributed by atoms with Crippen molar-refractivity contribution in [2.45, 2.75) is 43.9 Å². The highest BCUT2D eigenvalue weighted by atomic mass is 32.2. The van der Waals surface area contributed by atoms with Crippen LogP contribution in [-0.4, -0.2) is 30.5 Å². The van der Waals surface area contributed by atoms with Gasteiger partial charge < -0.3 is 5.32 Å². The fraction of sp³-hybridized carbons (Fsp3) is 0.261. The van der Waals surface area contributed by atoms with Crippen molar-refractivity contribution >= 4 is 38.1 Å². The number of nitrogens with one attached hydrogen (secondary N) is 2. The fourth-order valence-corrected chi connectivity index (χ4v) is 5.07. The Hall–Kier alpha value is -3.04. The largest absolute Gasteiger partial charge is 0.350 e. The van der Waals surface area contributed by atoms with Crippen molar-refractivity contribution in [3.05, 3.63) is 65.0 Å². The third-order valence-electron chi connectivity index (χ3n) is 4.91. The maximum Gasteiger partial charge on any atom is 0.258 e. The molecule has 3 rings (SSSR count). The van der Waals surface area contributed by atoms with E-state index < -0.39 is 21.0 Å². The molecule has 0 bridgehead atoms. The van der Waals surface area contributed by atoms with Gasteiger partial charge in [0.15, 0.2) is 15.0 Å². The average molecular weight is 472 g/mol. The molecule has 0 radical (unpaired) electrons. The Labute approximate surface area is 191 Å². The number of hydrogen-bond donors (Lipinski definition) is 2. The highest BCUT2D eigenvalue weighted by Gasteiger charge is 2.25. The van der Waals surface area contributed by atoms with E-state index in [9.17, 15) is 18.0 Å². The van der Waals surface area contributed by atoms with Crippen LogP contribution in [0.25, 0.3) is 11.3 Å². The van der Waals surface area contributed by atoms with Gasteiger partial charge in [-0.3, -0.25) is 14.9 Å². The lowest BCUT2D eigenvalue weighted by atomic mass is 10.1. The van der Waals surface area contributed by atoms with E-state index in [2.05, 4.69) is 15.6 Å². The Morgan fingerprint density at radius 3 is 2.28 bits per heavy atom. The second-order valence-electron chi connectivity index (χ2n) is 7.63. The summed E-state index contributed by atoms with van der Waals surface area (Å²) in [4.78, 5) is 28.5. The van der Waals surface area contributed by atoms with E-state index >= 15 is 0 Å². The Kier molecular flexibility index (Phi) is 7.10. The van der Waals surface area contributed by atoms with Crippen LogP contribution >= 0.6 is 11.3 Å². The highest BCUT2D eigenvalue weighted by molar-refractivity contribution is 7.92. The molecule has 3 aromatic rings. The first-order valence-corrected chi connectivity index (χ1v) is 12.5. The minimum absolute atomic E-state index is 0.00755. The summed E-state index contributed by atoms with van der Waals surface area (Å²) in [5.41, 5.74) is 2.61. The van der Waals surface area contributed by atoms with Crippen LogP contribution in [0.2, 0.25) is 0 Å². The predicted octanol–water partition coefficient (Wildman–Crippen LogP) is 4.44. The molecule has 0 saturated heterocycles. The van der Waals surface area contributed by atoms with Crippen molar-refractivity contribution in [2.24, 2.45) is 0 Å². The zero-order chi connectivity index (χ0) is 23.5. The van der Waals surface area contributed by atoms with Gasteiger partial charge in [0.05, 0.1) is 27.4 Å². The normalized spacial score (nSPS) is 12.4. The molecule has 0 spiro atoms.